The summed E-state index contributed by atoms with van der Waals surface area (Å²) in [5.74, 6) is 1.08. The third-order valence-electron chi connectivity index (χ3n) is 3.25. The zero-order valence-corrected chi connectivity index (χ0v) is 10.6. The van der Waals surface area contributed by atoms with E-state index in [0.717, 1.165) is 12.8 Å². The summed E-state index contributed by atoms with van der Waals surface area (Å²) in [6, 6.07) is 3.41. The summed E-state index contributed by atoms with van der Waals surface area (Å²) in [6.45, 7) is 2.48. The van der Waals surface area contributed by atoms with E-state index in [4.69, 9.17) is 4.52 Å². The van der Waals surface area contributed by atoms with Crippen LogP contribution in [-0.4, -0.2) is 32.5 Å². The van der Waals surface area contributed by atoms with E-state index in [0.29, 0.717) is 23.8 Å². The lowest BCUT2D eigenvalue weighted by Gasteiger charge is -2.21. The van der Waals surface area contributed by atoms with Crippen molar-refractivity contribution in [2.75, 3.05) is 6.54 Å². The Morgan fingerprint density at radius 3 is 3.11 bits per heavy atom. The van der Waals surface area contributed by atoms with E-state index in [1.807, 2.05) is 0 Å². The molecule has 0 aromatic carbocycles. The lowest BCUT2D eigenvalue weighted by Crippen LogP contribution is -2.30. The van der Waals surface area contributed by atoms with Gasteiger partial charge in [0.15, 0.2) is 5.82 Å². The Bertz CT molecular complexity index is 581. The molecule has 0 N–H and O–H groups in total. The lowest BCUT2D eigenvalue weighted by molar-refractivity contribution is 0.0709. The first-order chi connectivity index (χ1) is 9.25. The fraction of sp³-hybridized carbons (Fsp3) is 0.385. The van der Waals surface area contributed by atoms with Crippen LogP contribution in [-0.2, 0) is 0 Å². The molecule has 19 heavy (non-hydrogen) atoms. The van der Waals surface area contributed by atoms with Crippen LogP contribution in [0.1, 0.15) is 41.0 Å². The van der Waals surface area contributed by atoms with Crippen molar-refractivity contribution in [3.63, 3.8) is 0 Å². The van der Waals surface area contributed by atoms with Gasteiger partial charge >= 0.3 is 0 Å². The lowest BCUT2D eigenvalue weighted by atomic mass is 10.2. The van der Waals surface area contributed by atoms with Crippen molar-refractivity contribution in [2.45, 2.75) is 25.8 Å². The Balaban J connectivity index is 1.86. The van der Waals surface area contributed by atoms with E-state index in [1.54, 1.807) is 36.4 Å². The van der Waals surface area contributed by atoms with Crippen molar-refractivity contribution in [3.05, 3.63) is 41.8 Å². The molecule has 2 aromatic heterocycles. The molecule has 1 fully saturated rings. The van der Waals surface area contributed by atoms with E-state index < -0.39 is 0 Å². The van der Waals surface area contributed by atoms with Gasteiger partial charge in [-0.15, -0.1) is 0 Å². The molecule has 1 aliphatic heterocycles. The number of pyridine rings is 1. The zero-order valence-electron chi connectivity index (χ0n) is 10.6. The Labute approximate surface area is 110 Å². The summed E-state index contributed by atoms with van der Waals surface area (Å²) in [4.78, 5) is 22.4. The fourth-order valence-corrected chi connectivity index (χ4v) is 2.37. The molecular weight excluding hydrogens is 244 g/mol. The molecule has 1 unspecified atom stereocenters. The monoisotopic (exact) mass is 258 g/mol. The Kier molecular flexibility index (Phi) is 2.98. The van der Waals surface area contributed by atoms with Crippen LogP contribution in [0.25, 0.3) is 0 Å². The van der Waals surface area contributed by atoms with Crippen molar-refractivity contribution in [3.8, 4) is 0 Å². The number of rotatable bonds is 2. The number of carbonyl (C=O) groups is 1. The predicted molar refractivity (Wildman–Crippen MR) is 66.3 cm³/mol. The topological polar surface area (TPSA) is 72.1 Å². The van der Waals surface area contributed by atoms with Crippen LogP contribution >= 0.6 is 0 Å². The van der Waals surface area contributed by atoms with Crippen LogP contribution < -0.4 is 0 Å². The molecule has 1 aliphatic rings. The van der Waals surface area contributed by atoms with Crippen molar-refractivity contribution < 1.29 is 9.32 Å². The van der Waals surface area contributed by atoms with Crippen LogP contribution in [0.3, 0.4) is 0 Å². The highest BCUT2D eigenvalue weighted by Gasteiger charge is 2.34. The van der Waals surface area contributed by atoms with Gasteiger partial charge in [-0.3, -0.25) is 9.78 Å². The quantitative estimate of drug-likeness (QED) is 0.820. The van der Waals surface area contributed by atoms with Gasteiger partial charge in [0.2, 0.25) is 5.89 Å². The van der Waals surface area contributed by atoms with Crippen molar-refractivity contribution >= 4 is 5.91 Å². The van der Waals surface area contributed by atoms with Gasteiger partial charge in [0.05, 0.1) is 5.56 Å². The number of likely N-dealkylation sites (tertiary alicyclic amines) is 1. The molecule has 0 radical (unpaired) electrons. The number of hydrogen-bond donors (Lipinski definition) is 0. The van der Waals surface area contributed by atoms with Crippen molar-refractivity contribution in [1.29, 1.82) is 0 Å². The minimum atomic E-state index is -0.117. The van der Waals surface area contributed by atoms with Gasteiger partial charge in [-0.1, -0.05) is 5.16 Å². The Morgan fingerprint density at radius 1 is 1.53 bits per heavy atom. The summed E-state index contributed by atoms with van der Waals surface area (Å²) in [5.41, 5.74) is 0.589. The van der Waals surface area contributed by atoms with Gasteiger partial charge in [0, 0.05) is 18.9 Å². The van der Waals surface area contributed by atoms with Gasteiger partial charge < -0.3 is 9.42 Å². The third kappa shape index (κ3) is 2.21. The molecule has 98 valence electrons. The van der Waals surface area contributed by atoms with Gasteiger partial charge in [0.25, 0.3) is 5.91 Å². The smallest absolute Gasteiger partial charge is 0.256 e. The average molecular weight is 258 g/mol. The molecule has 0 spiro atoms. The van der Waals surface area contributed by atoms with Crippen LogP contribution in [0.2, 0.25) is 0 Å². The summed E-state index contributed by atoms with van der Waals surface area (Å²) < 4.78 is 5.19. The van der Waals surface area contributed by atoms with Crippen molar-refractivity contribution in [1.82, 2.24) is 20.0 Å². The standard InChI is InChI=1S/C13H14N4O2/c1-9-15-12(19-16-9)11-5-3-7-17(11)13(18)10-4-2-6-14-8-10/h2,4,6,8,11H,3,5,7H2,1H3. The van der Waals surface area contributed by atoms with Gasteiger partial charge in [-0.25, -0.2) is 0 Å². The van der Waals surface area contributed by atoms with E-state index in [2.05, 4.69) is 15.1 Å². The molecule has 0 bridgehead atoms. The Hall–Kier alpha value is -2.24. The molecule has 1 amide bonds. The largest absolute Gasteiger partial charge is 0.337 e. The first-order valence-electron chi connectivity index (χ1n) is 6.27. The minimum absolute atomic E-state index is 0.0357. The molecule has 0 aliphatic carbocycles. The molecule has 0 saturated carbocycles. The van der Waals surface area contributed by atoms with Crippen LogP contribution in [0.15, 0.2) is 29.0 Å². The number of aryl methyl sites for hydroxylation is 1. The Morgan fingerprint density at radius 2 is 2.42 bits per heavy atom. The van der Waals surface area contributed by atoms with E-state index in [1.165, 1.54) is 0 Å². The fourth-order valence-electron chi connectivity index (χ4n) is 2.37. The summed E-state index contributed by atoms with van der Waals surface area (Å²) in [5, 5.41) is 3.79. The molecule has 1 saturated heterocycles. The second kappa shape index (κ2) is 4.79. The van der Waals surface area contributed by atoms with Gasteiger partial charge in [-0.2, -0.15) is 4.98 Å². The maximum atomic E-state index is 12.4. The summed E-state index contributed by atoms with van der Waals surface area (Å²) in [6.07, 6.45) is 5.03. The van der Waals surface area contributed by atoms with Gasteiger partial charge in [-0.05, 0) is 31.9 Å². The van der Waals surface area contributed by atoms with Crippen LogP contribution in [0.5, 0.6) is 0 Å². The molecule has 1 atom stereocenters. The first kappa shape index (κ1) is 11.8. The number of nitrogens with zero attached hydrogens (tertiary/aromatic N) is 4. The molecular formula is C13H14N4O2. The van der Waals surface area contributed by atoms with E-state index in [9.17, 15) is 4.79 Å². The highest BCUT2D eigenvalue weighted by atomic mass is 16.5. The third-order valence-corrected chi connectivity index (χ3v) is 3.25. The average Bonchev–Trinajstić information content (AvgIpc) is 3.07. The predicted octanol–water partition coefficient (Wildman–Crippen LogP) is 1.75. The molecule has 3 heterocycles. The molecule has 2 aromatic rings. The number of carbonyl (C=O) groups excluding carboxylic acids is 1. The SMILES string of the molecule is Cc1noc(C2CCCN2C(=O)c2cccnc2)n1. The first-order valence-corrected chi connectivity index (χ1v) is 6.27. The highest BCUT2D eigenvalue weighted by molar-refractivity contribution is 5.94. The maximum Gasteiger partial charge on any atom is 0.256 e. The normalized spacial score (nSPS) is 18.8. The molecule has 6 nitrogen and oxygen atoms in total. The second-order valence-electron chi connectivity index (χ2n) is 4.58. The summed E-state index contributed by atoms with van der Waals surface area (Å²) in [7, 11) is 0. The molecule has 6 heteroatoms. The zero-order chi connectivity index (χ0) is 13.2. The molecule has 3 rings (SSSR count). The van der Waals surface area contributed by atoms with Crippen LogP contribution in [0.4, 0.5) is 0 Å². The van der Waals surface area contributed by atoms with Crippen molar-refractivity contribution in [2.24, 2.45) is 0 Å². The number of aromatic nitrogens is 3. The second-order valence-corrected chi connectivity index (χ2v) is 4.58. The number of hydrogen-bond acceptors (Lipinski definition) is 5. The summed E-state index contributed by atoms with van der Waals surface area (Å²) >= 11 is 0. The maximum absolute atomic E-state index is 12.4. The van der Waals surface area contributed by atoms with E-state index >= 15 is 0 Å². The van der Waals surface area contributed by atoms with Crippen LogP contribution in [0, 0.1) is 6.92 Å². The van der Waals surface area contributed by atoms with E-state index in [-0.39, 0.29) is 11.9 Å². The highest BCUT2D eigenvalue weighted by Crippen LogP contribution is 2.31. The minimum Gasteiger partial charge on any atom is -0.337 e. The van der Waals surface area contributed by atoms with Gasteiger partial charge in [0.1, 0.15) is 6.04 Å². The number of amides is 1.